The first-order chi connectivity index (χ1) is 13.8. The summed E-state index contributed by atoms with van der Waals surface area (Å²) in [7, 11) is 1.51. The Balaban J connectivity index is 1.97. The first kappa shape index (κ1) is 20.1. The van der Waals surface area contributed by atoms with Gasteiger partial charge in [-0.15, -0.1) is 0 Å². The second kappa shape index (κ2) is 8.18. The van der Waals surface area contributed by atoms with Gasteiger partial charge >= 0.3 is 6.03 Å². The highest BCUT2D eigenvalue weighted by Gasteiger charge is 2.36. The molecule has 1 aliphatic heterocycles. The lowest BCUT2D eigenvalue weighted by Gasteiger charge is -2.26. The maximum absolute atomic E-state index is 12.9. The number of amides is 4. The summed E-state index contributed by atoms with van der Waals surface area (Å²) in [6.45, 7) is 5.70. The number of aryl methyl sites for hydroxylation is 1. The fourth-order valence-corrected chi connectivity index (χ4v) is 2.88. The van der Waals surface area contributed by atoms with Crippen molar-refractivity contribution in [3.63, 3.8) is 0 Å². The first-order valence-electron chi connectivity index (χ1n) is 9.13. The van der Waals surface area contributed by atoms with E-state index >= 15 is 0 Å². The molecule has 0 atom stereocenters. The number of carbonyl (C=O) groups is 3. The van der Waals surface area contributed by atoms with Crippen molar-refractivity contribution in [2.75, 3.05) is 12.0 Å². The maximum Gasteiger partial charge on any atom is 0.335 e. The van der Waals surface area contributed by atoms with Crippen molar-refractivity contribution >= 4 is 29.6 Å². The van der Waals surface area contributed by atoms with Crippen molar-refractivity contribution in [1.82, 2.24) is 5.32 Å². The predicted molar refractivity (Wildman–Crippen MR) is 109 cm³/mol. The Hall–Kier alpha value is -3.61. The van der Waals surface area contributed by atoms with Crippen molar-refractivity contribution in [3.05, 3.63) is 59.2 Å². The highest BCUT2D eigenvalue weighted by Crippen LogP contribution is 2.30. The first-order valence-corrected chi connectivity index (χ1v) is 9.13. The third-order valence-corrected chi connectivity index (χ3v) is 4.26. The largest absolute Gasteiger partial charge is 0.493 e. The number of carbonyl (C=O) groups excluding carboxylic acids is 3. The van der Waals surface area contributed by atoms with Crippen LogP contribution in [0.25, 0.3) is 6.08 Å². The number of anilines is 1. The van der Waals surface area contributed by atoms with Crippen LogP contribution in [0.5, 0.6) is 11.5 Å². The van der Waals surface area contributed by atoms with Gasteiger partial charge in [-0.25, -0.2) is 9.69 Å². The molecule has 7 heteroatoms. The summed E-state index contributed by atoms with van der Waals surface area (Å²) in [5.41, 5.74) is 1.79. The molecule has 0 aromatic heterocycles. The fourth-order valence-electron chi connectivity index (χ4n) is 2.88. The molecule has 0 spiro atoms. The number of nitrogens with one attached hydrogen (secondary N) is 1. The summed E-state index contributed by atoms with van der Waals surface area (Å²) in [6.07, 6.45) is 1.39. The highest BCUT2D eigenvalue weighted by molar-refractivity contribution is 6.39. The molecule has 0 saturated carbocycles. The minimum absolute atomic E-state index is 0.0344. The van der Waals surface area contributed by atoms with Gasteiger partial charge < -0.3 is 9.47 Å². The van der Waals surface area contributed by atoms with Gasteiger partial charge in [-0.3, -0.25) is 14.9 Å². The molecule has 0 bridgehead atoms. The molecule has 1 fully saturated rings. The Morgan fingerprint density at radius 3 is 2.31 bits per heavy atom. The van der Waals surface area contributed by atoms with Crippen molar-refractivity contribution in [1.29, 1.82) is 0 Å². The average Bonchev–Trinajstić information content (AvgIpc) is 2.67. The van der Waals surface area contributed by atoms with Crippen LogP contribution in [0, 0.1) is 6.92 Å². The number of barbiturate groups is 1. The predicted octanol–water partition coefficient (Wildman–Crippen LogP) is 3.46. The lowest BCUT2D eigenvalue weighted by atomic mass is 10.1. The lowest BCUT2D eigenvalue weighted by Crippen LogP contribution is -2.54. The van der Waals surface area contributed by atoms with Gasteiger partial charge in [0.2, 0.25) is 0 Å². The number of urea groups is 1. The summed E-state index contributed by atoms with van der Waals surface area (Å²) in [5.74, 6) is -0.405. The quantitative estimate of drug-likeness (QED) is 0.620. The van der Waals surface area contributed by atoms with E-state index in [0.717, 1.165) is 10.5 Å². The number of nitrogens with zero attached hydrogens (tertiary/aromatic N) is 1. The molecule has 1 aliphatic rings. The van der Waals surface area contributed by atoms with E-state index in [1.54, 1.807) is 42.5 Å². The molecule has 0 radical (unpaired) electrons. The third kappa shape index (κ3) is 4.29. The number of benzene rings is 2. The van der Waals surface area contributed by atoms with Gasteiger partial charge in [0, 0.05) is 0 Å². The molecule has 150 valence electrons. The smallest absolute Gasteiger partial charge is 0.335 e. The zero-order chi connectivity index (χ0) is 21.1. The molecule has 1 saturated heterocycles. The second-order valence-corrected chi connectivity index (χ2v) is 6.87. The topological polar surface area (TPSA) is 84.9 Å². The minimum atomic E-state index is -0.778. The van der Waals surface area contributed by atoms with E-state index < -0.39 is 17.8 Å². The van der Waals surface area contributed by atoms with Gasteiger partial charge in [-0.1, -0.05) is 23.8 Å². The molecule has 29 heavy (non-hydrogen) atoms. The molecular formula is C22H22N2O5. The zero-order valence-electron chi connectivity index (χ0n) is 16.7. The van der Waals surface area contributed by atoms with Crippen molar-refractivity contribution < 1.29 is 23.9 Å². The number of rotatable bonds is 5. The second-order valence-electron chi connectivity index (χ2n) is 6.87. The van der Waals surface area contributed by atoms with E-state index in [2.05, 4.69) is 5.32 Å². The normalized spacial score (nSPS) is 15.7. The average molecular weight is 394 g/mol. The van der Waals surface area contributed by atoms with Crippen molar-refractivity contribution in [3.8, 4) is 11.5 Å². The van der Waals surface area contributed by atoms with Crippen LogP contribution >= 0.6 is 0 Å². The molecule has 2 aromatic rings. The highest BCUT2D eigenvalue weighted by atomic mass is 16.5. The van der Waals surface area contributed by atoms with E-state index in [-0.39, 0.29) is 11.7 Å². The molecule has 0 aliphatic carbocycles. The summed E-state index contributed by atoms with van der Waals surface area (Å²) in [5, 5.41) is 2.21. The monoisotopic (exact) mass is 394 g/mol. The van der Waals surface area contributed by atoms with Gasteiger partial charge in [-0.2, -0.15) is 0 Å². The standard InChI is InChI=1S/C22H22N2O5/c1-13(2)29-18-10-7-15(12-19(18)28-4)11-17-20(25)23-22(27)24(21(17)26)16-8-5-14(3)6-9-16/h5-13H,1-4H3,(H,23,25,27). The van der Waals surface area contributed by atoms with Crippen molar-refractivity contribution in [2.45, 2.75) is 26.9 Å². The number of methoxy groups -OCH3 is 1. The minimum Gasteiger partial charge on any atom is -0.493 e. The van der Waals surface area contributed by atoms with Crippen LogP contribution in [0.3, 0.4) is 0 Å². The van der Waals surface area contributed by atoms with Crippen molar-refractivity contribution in [2.24, 2.45) is 0 Å². The Kier molecular flexibility index (Phi) is 5.68. The molecule has 1 heterocycles. The van der Waals surface area contributed by atoms with Gasteiger partial charge in [0.15, 0.2) is 11.5 Å². The molecule has 3 rings (SSSR count). The van der Waals surface area contributed by atoms with E-state index in [4.69, 9.17) is 9.47 Å². The van der Waals surface area contributed by atoms with Crippen LogP contribution in [0.2, 0.25) is 0 Å². The number of imide groups is 2. The Bertz CT molecular complexity index is 993. The Morgan fingerprint density at radius 2 is 1.69 bits per heavy atom. The van der Waals surface area contributed by atoms with Gasteiger partial charge in [0.1, 0.15) is 5.57 Å². The number of hydrogen-bond donors (Lipinski definition) is 1. The summed E-state index contributed by atoms with van der Waals surface area (Å²) < 4.78 is 11.0. The molecule has 4 amide bonds. The van der Waals surface area contributed by atoms with Crippen LogP contribution in [-0.4, -0.2) is 31.1 Å². The van der Waals surface area contributed by atoms with Crippen LogP contribution in [0.15, 0.2) is 48.0 Å². The SMILES string of the molecule is COc1cc(C=C2C(=O)NC(=O)N(c3ccc(C)cc3)C2=O)ccc1OC(C)C. The van der Waals surface area contributed by atoms with E-state index in [9.17, 15) is 14.4 Å². The van der Waals surface area contributed by atoms with Gasteiger partial charge in [0.25, 0.3) is 11.8 Å². The van der Waals surface area contributed by atoms with Gasteiger partial charge in [0.05, 0.1) is 18.9 Å². The molecule has 0 unspecified atom stereocenters. The van der Waals surface area contributed by atoms with Crippen LogP contribution < -0.4 is 19.7 Å². The number of hydrogen-bond acceptors (Lipinski definition) is 5. The fraction of sp³-hybridized carbons (Fsp3) is 0.227. The summed E-state index contributed by atoms with van der Waals surface area (Å²) >= 11 is 0. The maximum atomic E-state index is 12.9. The zero-order valence-corrected chi connectivity index (χ0v) is 16.7. The van der Waals surface area contributed by atoms with Gasteiger partial charge in [-0.05, 0) is 56.7 Å². The molecule has 1 N–H and O–H groups in total. The lowest BCUT2D eigenvalue weighted by molar-refractivity contribution is -0.122. The van der Waals surface area contributed by atoms with Crippen LogP contribution in [0.4, 0.5) is 10.5 Å². The molecular weight excluding hydrogens is 372 g/mol. The van der Waals surface area contributed by atoms with Crippen LogP contribution in [-0.2, 0) is 9.59 Å². The number of ether oxygens (including phenoxy) is 2. The Morgan fingerprint density at radius 1 is 1.00 bits per heavy atom. The van der Waals surface area contributed by atoms with E-state index in [1.807, 2.05) is 20.8 Å². The molecule has 7 nitrogen and oxygen atoms in total. The van der Waals surface area contributed by atoms with E-state index in [0.29, 0.717) is 22.7 Å². The molecule has 2 aromatic carbocycles. The van der Waals surface area contributed by atoms with E-state index in [1.165, 1.54) is 13.2 Å². The van der Waals surface area contributed by atoms with Crippen LogP contribution in [0.1, 0.15) is 25.0 Å². The summed E-state index contributed by atoms with van der Waals surface area (Å²) in [4.78, 5) is 38.4. The third-order valence-electron chi connectivity index (χ3n) is 4.26. The summed E-state index contributed by atoms with van der Waals surface area (Å²) in [6, 6.07) is 11.2. The Labute approximate surface area is 168 Å².